The molecule has 0 saturated heterocycles. The Bertz CT molecular complexity index is 2040. The van der Waals surface area contributed by atoms with Gasteiger partial charge in [0.05, 0.1) is 11.1 Å². The van der Waals surface area contributed by atoms with Crippen LogP contribution in [0.15, 0.2) is 138 Å². The van der Waals surface area contributed by atoms with Gasteiger partial charge in [-0.05, 0) is 78.6 Å². The van der Waals surface area contributed by atoms with E-state index >= 15 is 0 Å². The summed E-state index contributed by atoms with van der Waals surface area (Å²) >= 11 is 0. The van der Waals surface area contributed by atoms with Crippen molar-refractivity contribution in [1.82, 2.24) is 15.1 Å². The molecule has 4 aromatic carbocycles. The molecule has 4 aromatic rings. The van der Waals surface area contributed by atoms with Crippen molar-refractivity contribution in [1.29, 1.82) is 0 Å². The van der Waals surface area contributed by atoms with Crippen LogP contribution in [0.4, 0.5) is 5.69 Å². The number of Topliss-reactive ketones (excluding diaryl/α,β-unsaturated/α-hetero) is 1. The molecule has 8 nitrogen and oxygen atoms in total. The van der Waals surface area contributed by atoms with Crippen LogP contribution in [-0.2, 0) is 0 Å². The van der Waals surface area contributed by atoms with Crippen molar-refractivity contribution in [3.8, 4) is 11.1 Å². The number of carbonyl (C=O) groups excluding carboxylic acids is 4. The molecule has 1 aliphatic carbocycles. The van der Waals surface area contributed by atoms with Crippen molar-refractivity contribution in [2.75, 3.05) is 11.9 Å². The van der Waals surface area contributed by atoms with Gasteiger partial charge in [0.1, 0.15) is 6.04 Å². The number of nitrogens with one attached hydrogen (secondary N) is 2. The normalized spacial score (nSPS) is 19.6. The van der Waals surface area contributed by atoms with Crippen LogP contribution in [0.25, 0.3) is 11.1 Å². The molecule has 3 heterocycles. The molecule has 0 bridgehead atoms. The number of imide groups is 1. The Balaban J connectivity index is 0.993. The van der Waals surface area contributed by atoms with E-state index in [9.17, 15) is 19.2 Å². The summed E-state index contributed by atoms with van der Waals surface area (Å²) in [4.78, 5) is 57.3. The lowest BCUT2D eigenvalue weighted by Crippen LogP contribution is -2.44. The molecule has 4 aliphatic rings. The molecule has 8 rings (SSSR count). The van der Waals surface area contributed by atoms with Crippen molar-refractivity contribution >= 4 is 29.2 Å². The van der Waals surface area contributed by atoms with Gasteiger partial charge in [-0.1, -0.05) is 66.7 Å². The number of nitrogens with zero attached hydrogens (tertiary/aromatic N) is 2. The summed E-state index contributed by atoms with van der Waals surface area (Å²) in [5.74, 6) is -0.802. The minimum absolute atomic E-state index is 0.0914. The zero-order chi connectivity index (χ0) is 32.8. The highest BCUT2D eigenvalue weighted by Crippen LogP contribution is 2.38. The third kappa shape index (κ3) is 5.11. The second-order valence-corrected chi connectivity index (χ2v) is 12.4. The Hall–Kier alpha value is -6.02. The Morgan fingerprint density at radius 2 is 1.44 bits per heavy atom. The topological polar surface area (TPSA) is 98.8 Å². The Morgan fingerprint density at radius 1 is 0.771 bits per heavy atom. The lowest BCUT2D eigenvalue weighted by molar-refractivity contribution is 0.0564. The molecule has 0 spiro atoms. The molecule has 0 saturated carbocycles. The second-order valence-electron chi connectivity index (χ2n) is 12.4. The van der Waals surface area contributed by atoms with E-state index in [1.165, 1.54) is 4.90 Å². The van der Waals surface area contributed by atoms with Crippen LogP contribution in [0.1, 0.15) is 60.7 Å². The maximum atomic E-state index is 13.9. The van der Waals surface area contributed by atoms with Crippen molar-refractivity contribution in [3.63, 3.8) is 0 Å². The van der Waals surface area contributed by atoms with Crippen LogP contribution in [0.3, 0.4) is 0 Å². The highest BCUT2D eigenvalue weighted by Gasteiger charge is 2.43. The molecule has 3 amide bonds. The van der Waals surface area contributed by atoms with Gasteiger partial charge in [-0.15, -0.1) is 0 Å². The molecule has 2 N–H and O–H groups in total. The highest BCUT2D eigenvalue weighted by molar-refractivity contribution is 6.21. The molecule has 8 heteroatoms. The zero-order valence-electron chi connectivity index (χ0n) is 26.1. The summed E-state index contributed by atoms with van der Waals surface area (Å²) in [6, 6.07) is 30.4. The van der Waals surface area contributed by atoms with Crippen molar-refractivity contribution in [2.45, 2.75) is 31.3 Å². The number of anilines is 1. The fourth-order valence-corrected chi connectivity index (χ4v) is 7.17. The first kappa shape index (κ1) is 29.4. The molecule has 2 unspecified atom stereocenters. The van der Waals surface area contributed by atoms with E-state index < -0.39 is 6.04 Å². The van der Waals surface area contributed by atoms with Gasteiger partial charge in [0, 0.05) is 52.9 Å². The molecule has 3 aliphatic heterocycles. The predicted molar refractivity (Wildman–Crippen MR) is 183 cm³/mol. The lowest BCUT2D eigenvalue weighted by atomic mass is 9.93. The molecule has 2 atom stereocenters. The SMILES string of the molecule is O=C(Nc1ccc(C(=O)C2C=C3C=CCN3C3=C(CCC(N4C(=O)c5ccccc5C4=O)C3)N2)cc1)c1ccccc1-c1ccccc1. The third-order valence-electron chi connectivity index (χ3n) is 9.54. The van der Waals surface area contributed by atoms with Crippen molar-refractivity contribution < 1.29 is 19.2 Å². The number of rotatable bonds is 6. The van der Waals surface area contributed by atoms with Crippen LogP contribution >= 0.6 is 0 Å². The maximum Gasteiger partial charge on any atom is 0.261 e. The van der Waals surface area contributed by atoms with E-state index in [1.807, 2.05) is 60.7 Å². The number of allylic oxidation sites excluding steroid dienone is 2. The van der Waals surface area contributed by atoms with Gasteiger partial charge in [0.2, 0.25) is 0 Å². The minimum atomic E-state index is -0.605. The summed E-state index contributed by atoms with van der Waals surface area (Å²) in [6.45, 7) is 0.657. The van der Waals surface area contributed by atoms with Crippen LogP contribution in [-0.4, -0.2) is 51.9 Å². The van der Waals surface area contributed by atoms with Gasteiger partial charge in [-0.2, -0.15) is 0 Å². The third-order valence-corrected chi connectivity index (χ3v) is 9.54. The quantitative estimate of drug-likeness (QED) is 0.184. The second kappa shape index (κ2) is 12.0. The average Bonchev–Trinajstić information content (AvgIpc) is 3.65. The van der Waals surface area contributed by atoms with Crippen LogP contribution in [0.2, 0.25) is 0 Å². The Labute approximate surface area is 278 Å². The average molecular weight is 633 g/mol. The van der Waals surface area contributed by atoms with Gasteiger partial charge in [-0.25, -0.2) is 0 Å². The van der Waals surface area contributed by atoms with Gasteiger partial charge in [0.15, 0.2) is 5.78 Å². The Morgan fingerprint density at radius 3 is 2.17 bits per heavy atom. The minimum Gasteiger partial charge on any atom is -0.374 e. The number of carbonyl (C=O) groups is 4. The lowest BCUT2D eigenvalue weighted by Gasteiger charge is -2.36. The largest absolute Gasteiger partial charge is 0.374 e. The predicted octanol–water partition coefficient (Wildman–Crippen LogP) is 6.58. The molecule has 48 heavy (non-hydrogen) atoms. The van der Waals surface area contributed by atoms with E-state index in [0.29, 0.717) is 53.7 Å². The van der Waals surface area contributed by atoms with E-state index in [1.54, 1.807) is 54.6 Å². The number of benzene rings is 4. The molecule has 0 radical (unpaired) electrons. The number of ketones is 1. The summed E-state index contributed by atoms with van der Waals surface area (Å²) in [7, 11) is 0. The zero-order valence-corrected chi connectivity index (χ0v) is 26.1. The Kier molecular flexibility index (Phi) is 7.33. The summed E-state index contributed by atoms with van der Waals surface area (Å²) < 4.78 is 0. The van der Waals surface area contributed by atoms with Crippen LogP contribution in [0.5, 0.6) is 0 Å². The van der Waals surface area contributed by atoms with Gasteiger partial charge in [0.25, 0.3) is 17.7 Å². The fourth-order valence-electron chi connectivity index (χ4n) is 7.17. The molecule has 0 aromatic heterocycles. The van der Waals surface area contributed by atoms with Gasteiger partial charge in [-0.3, -0.25) is 24.1 Å². The van der Waals surface area contributed by atoms with Crippen molar-refractivity contribution in [2.24, 2.45) is 0 Å². The standard InChI is InChI=1S/C40H32N4O4/c45-37(26-16-18-27(19-17-26)41-38(46)31-13-5-4-12-30(31)25-9-2-1-3-10-25)35-23-28-11-8-22-43(28)36-24-29(20-21-34(36)42-35)44-39(47)32-14-6-7-15-33(32)40(44)48/h1-19,23,29,35,42H,20-22,24H2,(H,41,46). The van der Waals surface area contributed by atoms with Crippen LogP contribution in [0, 0.1) is 0 Å². The van der Waals surface area contributed by atoms with E-state index in [2.05, 4.69) is 21.6 Å². The monoisotopic (exact) mass is 632 g/mol. The smallest absolute Gasteiger partial charge is 0.261 e. The van der Waals surface area contributed by atoms with E-state index in [-0.39, 0.29) is 29.5 Å². The molecular formula is C40H32N4O4. The van der Waals surface area contributed by atoms with E-state index in [4.69, 9.17) is 0 Å². The summed E-state index contributed by atoms with van der Waals surface area (Å²) in [5.41, 5.74) is 7.26. The van der Waals surface area contributed by atoms with Crippen molar-refractivity contribution in [3.05, 3.63) is 161 Å². The number of amides is 3. The summed E-state index contributed by atoms with van der Waals surface area (Å²) in [6.07, 6.45) is 7.73. The van der Waals surface area contributed by atoms with Gasteiger partial charge >= 0.3 is 0 Å². The maximum absolute atomic E-state index is 13.9. The first-order chi connectivity index (χ1) is 23.5. The van der Waals surface area contributed by atoms with Gasteiger partial charge < -0.3 is 15.5 Å². The van der Waals surface area contributed by atoms with Crippen LogP contribution < -0.4 is 10.6 Å². The molecular weight excluding hydrogens is 600 g/mol. The first-order valence-electron chi connectivity index (χ1n) is 16.2. The first-order valence-corrected chi connectivity index (χ1v) is 16.2. The fraction of sp³-hybridized carbons (Fsp3) is 0.150. The summed E-state index contributed by atoms with van der Waals surface area (Å²) in [5, 5.41) is 6.48. The highest BCUT2D eigenvalue weighted by atomic mass is 16.2. The number of hydrogen-bond acceptors (Lipinski definition) is 6. The molecule has 0 fully saturated rings. The molecule has 236 valence electrons. The number of hydrogen-bond donors (Lipinski definition) is 2. The van der Waals surface area contributed by atoms with E-state index in [0.717, 1.165) is 28.2 Å². The number of fused-ring (bicyclic) bond motifs is 3.